The first-order chi connectivity index (χ1) is 12.2. The molecule has 0 aromatic carbocycles. The number of hydrogen-bond donors (Lipinski definition) is 1. The molecular weight excluding hydrogens is 312 g/mol. The number of carbonyl (C=O) groups is 1. The van der Waals surface area contributed by atoms with E-state index in [0.717, 1.165) is 44.0 Å². The molecule has 1 aromatic rings. The summed E-state index contributed by atoms with van der Waals surface area (Å²) in [5.41, 5.74) is 0.233. The molecule has 0 bridgehead atoms. The zero-order valence-corrected chi connectivity index (χ0v) is 15.6. The fourth-order valence-electron chi connectivity index (χ4n) is 5.51. The van der Waals surface area contributed by atoms with Crippen molar-refractivity contribution >= 4 is 5.91 Å². The van der Waals surface area contributed by atoms with E-state index in [4.69, 9.17) is 4.98 Å². The lowest BCUT2D eigenvalue weighted by atomic mass is 9.76. The lowest BCUT2D eigenvalue weighted by Crippen LogP contribution is -2.32. The summed E-state index contributed by atoms with van der Waals surface area (Å²) in [6, 6.07) is 0. The van der Waals surface area contributed by atoms with Crippen LogP contribution in [0.4, 0.5) is 0 Å². The van der Waals surface area contributed by atoms with Crippen LogP contribution in [0, 0.1) is 11.3 Å². The fraction of sp³-hybridized carbons (Fsp3) is 0.850. The second-order valence-corrected chi connectivity index (χ2v) is 8.64. The average Bonchev–Trinajstić information content (AvgIpc) is 3.37. The Morgan fingerprint density at radius 3 is 2.72 bits per heavy atom. The molecule has 1 saturated heterocycles. The quantitative estimate of drug-likeness (QED) is 0.883. The Balaban J connectivity index is 1.49. The SMILES string of the molecule is CCCc1nc(C2CN(C(=O)CC3CCCC3)CC23CCCC3)n[nH]1. The number of nitrogens with zero attached hydrogens (tertiary/aromatic N) is 3. The van der Waals surface area contributed by atoms with E-state index in [0.29, 0.717) is 17.7 Å². The van der Waals surface area contributed by atoms with E-state index in [1.165, 1.54) is 51.4 Å². The number of likely N-dealkylation sites (tertiary alicyclic amines) is 1. The monoisotopic (exact) mass is 344 g/mol. The number of aromatic nitrogens is 3. The zero-order chi connectivity index (χ0) is 17.3. The van der Waals surface area contributed by atoms with Crippen LogP contribution in [0.3, 0.4) is 0 Å². The predicted molar refractivity (Wildman–Crippen MR) is 97.2 cm³/mol. The number of nitrogens with one attached hydrogen (secondary N) is 1. The third-order valence-electron chi connectivity index (χ3n) is 6.89. The van der Waals surface area contributed by atoms with Crippen LogP contribution < -0.4 is 0 Å². The minimum absolute atomic E-state index is 0.233. The standard InChI is InChI=1S/C20H32N4O/c1-2-7-17-21-19(23-22-17)16-13-24(14-20(16)10-5-6-11-20)18(25)12-15-8-3-4-9-15/h15-16H,2-14H2,1H3,(H,21,22,23). The first kappa shape index (κ1) is 17.0. The molecule has 2 aliphatic carbocycles. The van der Waals surface area contributed by atoms with Crippen molar-refractivity contribution in [3.63, 3.8) is 0 Å². The second kappa shape index (κ2) is 7.08. The number of aryl methyl sites for hydroxylation is 1. The fourth-order valence-corrected chi connectivity index (χ4v) is 5.51. The summed E-state index contributed by atoms with van der Waals surface area (Å²) in [7, 11) is 0. The molecular formula is C20H32N4O. The van der Waals surface area contributed by atoms with Crippen LogP contribution in [0.2, 0.25) is 0 Å². The molecule has 1 aromatic heterocycles. The van der Waals surface area contributed by atoms with E-state index in [2.05, 4.69) is 22.0 Å². The Kier molecular flexibility index (Phi) is 4.83. The molecule has 2 heterocycles. The summed E-state index contributed by atoms with van der Waals surface area (Å²) in [5.74, 6) is 3.29. The number of rotatable bonds is 5. The van der Waals surface area contributed by atoms with Crippen molar-refractivity contribution in [3.05, 3.63) is 11.6 Å². The minimum atomic E-state index is 0.233. The van der Waals surface area contributed by atoms with Gasteiger partial charge in [0.05, 0.1) is 0 Å². The van der Waals surface area contributed by atoms with E-state index < -0.39 is 0 Å². The minimum Gasteiger partial charge on any atom is -0.341 e. The van der Waals surface area contributed by atoms with Crippen LogP contribution in [0.1, 0.15) is 88.7 Å². The highest BCUT2D eigenvalue weighted by Gasteiger charge is 2.51. The lowest BCUT2D eigenvalue weighted by Gasteiger charge is -2.28. The van der Waals surface area contributed by atoms with Crippen LogP contribution in [-0.2, 0) is 11.2 Å². The molecule has 1 unspecified atom stereocenters. The maximum Gasteiger partial charge on any atom is 0.222 e. The third-order valence-corrected chi connectivity index (χ3v) is 6.89. The average molecular weight is 345 g/mol. The number of hydrogen-bond acceptors (Lipinski definition) is 3. The van der Waals surface area contributed by atoms with E-state index >= 15 is 0 Å². The third kappa shape index (κ3) is 3.34. The van der Waals surface area contributed by atoms with Crippen molar-refractivity contribution in [1.82, 2.24) is 20.1 Å². The van der Waals surface area contributed by atoms with Gasteiger partial charge in [-0.25, -0.2) is 4.98 Å². The maximum atomic E-state index is 12.9. The summed E-state index contributed by atoms with van der Waals surface area (Å²) in [6.45, 7) is 3.93. The van der Waals surface area contributed by atoms with Crippen LogP contribution >= 0.6 is 0 Å². The van der Waals surface area contributed by atoms with Crippen molar-refractivity contribution in [2.75, 3.05) is 13.1 Å². The highest BCUT2D eigenvalue weighted by atomic mass is 16.2. The molecule has 1 amide bonds. The van der Waals surface area contributed by atoms with Crippen molar-refractivity contribution in [1.29, 1.82) is 0 Å². The normalized spacial score (nSPS) is 26.1. The van der Waals surface area contributed by atoms with Gasteiger partial charge in [-0.05, 0) is 43.4 Å². The summed E-state index contributed by atoms with van der Waals surface area (Å²) >= 11 is 0. The van der Waals surface area contributed by atoms with Gasteiger partial charge in [-0.1, -0.05) is 32.6 Å². The summed E-state index contributed by atoms with van der Waals surface area (Å²) in [5, 5.41) is 7.69. The largest absolute Gasteiger partial charge is 0.341 e. The molecule has 3 aliphatic rings. The van der Waals surface area contributed by atoms with Gasteiger partial charge in [0.2, 0.25) is 5.91 Å². The Hall–Kier alpha value is -1.39. The maximum absolute atomic E-state index is 12.9. The topological polar surface area (TPSA) is 61.9 Å². The summed E-state index contributed by atoms with van der Waals surface area (Å²) in [6.07, 6.45) is 12.9. The molecule has 1 N–H and O–H groups in total. The van der Waals surface area contributed by atoms with Gasteiger partial charge in [0.1, 0.15) is 5.82 Å². The van der Waals surface area contributed by atoms with Crippen LogP contribution in [0.25, 0.3) is 0 Å². The van der Waals surface area contributed by atoms with Gasteiger partial charge >= 0.3 is 0 Å². The number of aromatic amines is 1. The molecule has 3 fully saturated rings. The highest BCUT2D eigenvalue weighted by Crippen LogP contribution is 2.53. The van der Waals surface area contributed by atoms with Gasteiger partial charge in [0.25, 0.3) is 0 Å². The van der Waals surface area contributed by atoms with E-state index in [1.807, 2.05) is 0 Å². The van der Waals surface area contributed by atoms with Crippen molar-refractivity contribution in [2.24, 2.45) is 11.3 Å². The molecule has 5 nitrogen and oxygen atoms in total. The molecule has 1 aliphatic heterocycles. The van der Waals surface area contributed by atoms with Gasteiger partial charge in [-0.2, -0.15) is 5.10 Å². The van der Waals surface area contributed by atoms with Crippen molar-refractivity contribution < 1.29 is 4.79 Å². The smallest absolute Gasteiger partial charge is 0.222 e. The molecule has 1 spiro atoms. The van der Waals surface area contributed by atoms with Gasteiger partial charge in [-0.15, -0.1) is 0 Å². The van der Waals surface area contributed by atoms with Crippen LogP contribution in [0.5, 0.6) is 0 Å². The molecule has 0 radical (unpaired) electrons. The van der Waals surface area contributed by atoms with E-state index in [-0.39, 0.29) is 5.41 Å². The summed E-state index contributed by atoms with van der Waals surface area (Å²) in [4.78, 5) is 19.9. The van der Waals surface area contributed by atoms with Gasteiger partial charge in [0.15, 0.2) is 5.82 Å². The Bertz CT molecular complexity index is 599. The molecule has 25 heavy (non-hydrogen) atoms. The first-order valence-corrected chi connectivity index (χ1v) is 10.4. The number of H-pyrrole nitrogens is 1. The van der Waals surface area contributed by atoms with Crippen LogP contribution in [-0.4, -0.2) is 39.1 Å². The Morgan fingerprint density at radius 2 is 2.00 bits per heavy atom. The van der Waals surface area contributed by atoms with Gasteiger partial charge in [0, 0.05) is 31.8 Å². The van der Waals surface area contributed by atoms with Crippen LogP contribution in [0.15, 0.2) is 0 Å². The highest BCUT2D eigenvalue weighted by molar-refractivity contribution is 5.77. The Morgan fingerprint density at radius 1 is 1.24 bits per heavy atom. The van der Waals surface area contributed by atoms with E-state index in [9.17, 15) is 4.79 Å². The molecule has 2 saturated carbocycles. The Labute approximate surface area is 151 Å². The van der Waals surface area contributed by atoms with Crippen molar-refractivity contribution in [2.45, 2.75) is 83.5 Å². The number of amides is 1. The summed E-state index contributed by atoms with van der Waals surface area (Å²) < 4.78 is 0. The zero-order valence-electron chi connectivity index (χ0n) is 15.6. The lowest BCUT2D eigenvalue weighted by molar-refractivity contribution is -0.131. The molecule has 4 rings (SSSR count). The molecule has 5 heteroatoms. The van der Waals surface area contributed by atoms with Crippen molar-refractivity contribution in [3.8, 4) is 0 Å². The first-order valence-electron chi connectivity index (χ1n) is 10.4. The predicted octanol–water partition coefficient (Wildman–Crippen LogP) is 3.82. The van der Waals surface area contributed by atoms with Gasteiger partial charge in [-0.3, -0.25) is 9.89 Å². The van der Waals surface area contributed by atoms with Gasteiger partial charge < -0.3 is 4.90 Å². The molecule has 1 atom stereocenters. The van der Waals surface area contributed by atoms with E-state index in [1.54, 1.807) is 0 Å². The molecule has 138 valence electrons. The number of carbonyl (C=O) groups excluding carboxylic acids is 1. The second-order valence-electron chi connectivity index (χ2n) is 8.64.